The zero-order valence-electron chi connectivity index (χ0n) is 19.0. The highest BCUT2D eigenvalue weighted by molar-refractivity contribution is 6.06. The van der Waals surface area contributed by atoms with Crippen LogP contribution in [0.5, 0.6) is 5.75 Å². The fraction of sp³-hybridized carbons (Fsp3) is 0.111. The van der Waals surface area contributed by atoms with Crippen LogP contribution in [0.2, 0.25) is 0 Å². The summed E-state index contributed by atoms with van der Waals surface area (Å²) in [6.07, 6.45) is -0.233. The number of benzene rings is 3. The summed E-state index contributed by atoms with van der Waals surface area (Å²) in [6, 6.07) is 21.0. The lowest BCUT2D eigenvalue weighted by molar-refractivity contribution is -0.136. The Kier molecular flexibility index (Phi) is 6.73. The molecule has 0 aliphatic rings. The van der Waals surface area contributed by atoms with Crippen molar-refractivity contribution in [1.82, 2.24) is 4.98 Å². The van der Waals surface area contributed by atoms with Crippen LogP contribution in [0.4, 0.5) is 5.69 Å². The minimum atomic E-state index is -1.000. The van der Waals surface area contributed by atoms with E-state index in [1.165, 1.54) is 0 Å². The maximum Gasteiger partial charge on any atom is 0.307 e. The molecule has 0 bridgehead atoms. The van der Waals surface area contributed by atoms with Gasteiger partial charge in [-0.2, -0.15) is 0 Å². The van der Waals surface area contributed by atoms with E-state index < -0.39 is 5.97 Å². The number of amides is 1. The van der Waals surface area contributed by atoms with E-state index in [0.29, 0.717) is 33.6 Å². The van der Waals surface area contributed by atoms with E-state index in [4.69, 9.17) is 21.0 Å². The largest absolute Gasteiger partial charge is 0.487 e. The van der Waals surface area contributed by atoms with Crippen molar-refractivity contribution < 1.29 is 19.4 Å². The third kappa shape index (κ3) is 5.62. The Morgan fingerprint density at radius 1 is 1.06 bits per heavy atom. The molecule has 0 fully saturated rings. The van der Waals surface area contributed by atoms with Crippen LogP contribution >= 0.6 is 0 Å². The number of carboxylic acid groups (broad SMARTS) is 1. The number of aryl methyl sites for hydroxylation is 1. The summed E-state index contributed by atoms with van der Waals surface area (Å²) in [5.41, 5.74) is 9.87. The Morgan fingerprint density at radius 2 is 1.80 bits per heavy atom. The number of fused-ring (bicyclic) bond motifs is 1. The van der Waals surface area contributed by atoms with Crippen molar-refractivity contribution in [1.29, 1.82) is 5.41 Å². The average Bonchev–Trinajstić information content (AvgIpc) is 2.82. The molecule has 8 nitrogen and oxygen atoms in total. The SMILES string of the molecule is Cc1cc(COc2ccc(C(=N)N)cc2)nc2cc(NC(=O)c3ccccc3CC(=O)O)ccc12. The van der Waals surface area contributed by atoms with Crippen LogP contribution in [-0.2, 0) is 17.8 Å². The van der Waals surface area contributed by atoms with Crippen molar-refractivity contribution in [3.8, 4) is 5.75 Å². The monoisotopic (exact) mass is 468 g/mol. The average molecular weight is 469 g/mol. The lowest BCUT2D eigenvalue weighted by atomic mass is 10.0. The van der Waals surface area contributed by atoms with Crippen LogP contribution in [0.1, 0.15) is 32.7 Å². The molecule has 1 heterocycles. The third-order valence-electron chi connectivity index (χ3n) is 5.48. The standard InChI is InChI=1S/C27H24N4O4/c1-16-12-20(15-35-21-9-6-17(7-10-21)26(28)29)30-24-14-19(8-11-22(16)24)31-27(34)23-5-3-2-4-18(23)13-25(32)33/h2-12,14H,13,15H2,1H3,(H3,28,29)(H,31,34)(H,32,33). The molecule has 0 radical (unpaired) electrons. The van der Waals surface area contributed by atoms with Crippen LogP contribution in [-0.4, -0.2) is 27.8 Å². The highest BCUT2D eigenvalue weighted by atomic mass is 16.5. The second kappa shape index (κ2) is 10.0. The summed E-state index contributed by atoms with van der Waals surface area (Å²) in [5.74, 6) is -0.751. The number of amidine groups is 1. The molecular formula is C27H24N4O4. The van der Waals surface area contributed by atoms with E-state index in [1.807, 2.05) is 19.1 Å². The Hall–Kier alpha value is -4.72. The fourth-order valence-corrected chi connectivity index (χ4v) is 3.77. The number of nitrogens with zero attached hydrogens (tertiary/aromatic N) is 1. The van der Waals surface area contributed by atoms with Crippen LogP contribution in [0, 0.1) is 12.3 Å². The number of hydrogen-bond donors (Lipinski definition) is 4. The summed E-state index contributed by atoms with van der Waals surface area (Å²) < 4.78 is 5.84. The molecule has 1 aromatic heterocycles. The number of ether oxygens (including phenoxy) is 1. The minimum Gasteiger partial charge on any atom is -0.487 e. The first-order valence-corrected chi connectivity index (χ1v) is 10.9. The van der Waals surface area contributed by atoms with Crippen molar-refractivity contribution in [2.24, 2.45) is 5.73 Å². The van der Waals surface area contributed by atoms with Gasteiger partial charge in [0.25, 0.3) is 5.91 Å². The van der Waals surface area contributed by atoms with Gasteiger partial charge < -0.3 is 20.9 Å². The molecule has 5 N–H and O–H groups in total. The molecule has 8 heteroatoms. The van der Waals surface area contributed by atoms with Gasteiger partial charge in [0.05, 0.1) is 17.6 Å². The van der Waals surface area contributed by atoms with E-state index in [2.05, 4.69) is 10.3 Å². The van der Waals surface area contributed by atoms with Crippen LogP contribution in [0.15, 0.2) is 72.8 Å². The molecule has 176 valence electrons. The number of nitrogens with one attached hydrogen (secondary N) is 2. The number of pyridine rings is 1. The number of aliphatic carboxylic acids is 1. The molecular weight excluding hydrogens is 444 g/mol. The van der Waals surface area contributed by atoms with Crippen molar-refractivity contribution in [3.63, 3.8) is 0 Å². The van der Waals surface area contributed by atoms with E-state index in [-0.39, 0.29) is 24.8 Å². The summed E-state index contributed by atoms with van der Waals surface area (Å²) in [4.78, 5) is 28.7. The van der Waals surface area contributed by atoms with E-state index in [1.54, 1.807) is 60.7 Å². The molecule has 0 atom stereocenters. The molecule has 0 aliphatic carbocycles. The topological polar surface area (TPSA) is 138 Å². The number of carbonyl (C=O) groups is 2. The minimum absolute atomic E-state index is 0.00311. The lowest BCUT2D eigenvalue weighted by Crippen LogP contribution is -2.15. The summed E-state index contributed by atoms with van der Waals surface area (Å²) in [6.45, 7) is 2.23. The van der Waals surface area contributed by atoms with Gasteiger partial charge in [0, 0.05) is 22.2 Å². The number of nitrogen functional groups attached to an aromatic ring is 1. The van der Waals surface area contributed by atoms with Gasteiger partial charge in [-0.25, -0.2) is 4.98 Å². The Morgan fingerprint density at radius 3 is 2.51 bits per heavy atom. The zero-order chi connectivity index (χ0) is 24.9. The van der Waals surface area contributed by atoms with Crippen molar-refractivity contribution >= 4 is 34.3 Å². The predicted molar refractivity (Wildman–Crippen MR) is 134 cm³/mol. The highest BCUT2D eigenvalue weighted by Gasteiger charge is 2.14. The van der Waals surface area contributed by atoms with Crippen molar-refractivity contribution in [2.45, 2.75) is 20.0 Å². The fourth-order valence-electron chi connectivity index (χ4n) is 3.77. The van der Waals surface area contributed by atoms with Gasteiger partial charge in [0.15, 0.2) is 0 Å². The number of hydrogen-bond acceptors (Lipinski definition) is 5. The van der Waals surface area contributed by atoms with Gasteiger partial charge in [0.1, 0.15) is 18.2 Å². The second-order valence-electron chi connectivity index (χ2n) is 8.07. The van der Waals surface area contributed by atoms with Gasteiger partial charge in [-0.15, -0.1) is 0 Å². The Labute approximate surface area is 201 Å². The Balaban J connectivity index is 1.53. The molecule has 35 heavy (non-hydrogen) atoms. The number of carboxylic acids is 1. The van der Waals surface area contributed by atoms with Crippen LogP contribution in [0.25, 0.3) is 10.9 Å². The third-order valence-corrected chi connectivity index (χ3v) is 5.48. The first kappa shape index (κ1) is 23.4. The Bertz CT molecular complexity index is 1430. The van der Waals surface area contributed by atoms with Gasteiger partial charge in [-0.05, 0) is 66.6 Å². The van der Waals surface area contributed by atoms with Crippen molar-refractivity contribution in [2.75, 3.05) is 5.32 Å². The number of nitrogens with two attached hydrogens (primary N) is 1. The predicted octanol–water partition coefficient (Wildman–Crippen LogP) is 4.29. The molecule has 4 rings (SSSR count). The van der Waals surface area contributed by atoms with Gasteiger partial charge >= 0.3 is 5.97 Å². The van der Waals surface area contributed by atoms with E-state index in [0.717, 1.165) is 16.6 Å². The number of anilines is 1. The molecule has 1 amide bonds. The van der Waals surface area contributed by atoms with Crippen LogP contribution in [0.3, 0.4) is 0 Å². The maximum atomic E-state index is 12.8. The summed E-state index contributed by atoms with van der Waals surface area (Å²) in [7, 11) is 0. The number of carbonyl (C=O) groups excluding carboxylic acids is 1. The maximum absolute atomic E-state index is 12.8. The van der Waals surface area contributed by atoms with E-state index >= 15 is 0 Å². The lowest BCUT2D eigenvalue weighted by Gasteiger charge is -2.12. The first-order valence-electron chi connectivity index (χ1n) is 10.9. The van der Waals surface area contributed by atoms with Gasteiger partial charge in [0.2, 0.25) is 0 Å². The zero-order valence-corrected chi connectivity index (χ0v) is 19.0. The summed E-state index contributed by atoms with van der Waals surface area (Å²) >= 11 is 0. The highest BCUT2D eigenvalue weighted by Crippen LogP contribution is 2.23. The molecule has 3 aromatic carbocycles. The molecule has 4 aromatic rings. The number of aromatic nitrogens is 1. The molecule has 0 saturated heterocycles. The normalized spacial score (nSPS) is 10.7. The second-order valence-corrected chi connectivity index (χ2v) is 8.07. The van der Waals surface area contributed by atoms with Crippen LogP contribution < -0.4 is 15.8 Å². The smallest absolute Gasteiger partial charge is 0.307 e. The van der Waals surface area contributed by atoms with Gasteiger partial charge in [-0.3, -0.25) is 15.0 Å². The quantitative estimate of drug-likeness (QED) is 0.225. The molecule has 0 aliphatic heterocycles. The molecule has 0 saturated carbocycles. The molecule has 0 spiro atoms. The van der Waals surface area contributed by atoms with E-state index in [9.17, 15) is 9.59 Å². The van der Waals surface area contributed by atoms with Crippen molar-refractivity contribution in [3.05, 3.63) is 101 Å². The first-order chi connectivity index (χ1) is 16.8. The molecule has 0 unspecified atom stereocenters. The van der Waals surface area contributed by atoms with Gasteiger partial charge in [-0.1, -0.05) is 24.3 Å². The summed E-state index contributed by atoms with van der Waals surface area (Å²) in [5, 5.41) is 20.4. The number of rotatable bonds is 8.